The van der Waals surface area contributed by atoms with Gasteiger partial charge in [0.2, 0.25) is 10.0 Å². The molecule has 1 aliphatic heterocycles. The van der Waals surface area contributed by atoms with E-state index in [4.69, 9.17) is 16.3 Å². The predicted octanol–water partition coefficient (Wildman–Crippen LogP) is 1.86. The molecule has 2 rings (SSSR count). The maximum Gasteiger partial charge on any atom is 0.244 e. The van der Waals surface area contributed by atoms with Crippen molar-refractivity contribution in [3.8, 4) is 0 Å². The van der Waals surface area contributed by atoms with Gasteiger partial charge in [-0.1, -0.05) is 31.5 Å². The van der Waals surface area contributed by atoms with Gasteiger partial charge in [0.1, 0.15) is 4.90 Å². The summed E-state index contributed by atoms with van der Waals surface area (Å²) in [5.41, 5.74) is 0.903. The van der Waals surface area contributed by atoms with Crippen molar-refractivity contribution in [1.29, 1.82) is 0 Å². The van der Waals surface area contributed by atoms with Crippen LogP contribution in [0.2, 0.25) is 5.02 Å². The molecule has 0 bridgehead atoms. The summed E-state index contributed by atoms with van der Waals surface area (Å²) in [5.74, 6) is 0. The number of hydrogen-bond acceptors (Lipinski definition) is 4. The lowest BCUT2D eigenvalue weighted by molar-refractivity contribution is 0.0730. The third-order valence-electron chi connectivity index (χ3n) is 3.30. The molecule has 1 aromatic carbocycles. The summed E-state index contributed by atoms with van der Waals surface area (Å²) in [6.07, 6.45) is 0. The van der Waals surface area contributed by atoms with E-state index in [-0.39, 0.29) is 9.92 Å². The van der Waals surface area contributed by atoms with Crippen LogP contribution in [0.5, 0.6) is 0 Å². The first kappa shape index (κ1) is 16.7. The van der Waals surface area contributed by atoms with Crippen molar-refractivity contribution < 1.29 is 13.2 Å². The van der Waals surface area contributed by atoms with E-state index in [1.807, 2.05) is 19.9 Å². The number of benzene rings is 1. The fraction of sp³-hybridized carbons (Fsp3) is 0.571. The molecule has 1 aliphatic rings. The second-order valence-electron chi connectivity index (χ2n) is 5.32. The van der Waals surface area contributed by atoms with Gasteiger partial charge in [-0.05, 0) is 17.7 Å². The summed E-state index contributed by atoms with van der Waals surface area (Å²) in [4.78, 5) is 0.175. The van der Waals surface area contributed by atoms with Crippen molar-refractivity contribution in [1.82, 2.24) is 9.62 Å². The average Bonchev–Trinajstić information content (AvgIpc) is 2.47. The van der Waals surface area contributed by atoms with Crippen molar-refractivity contribution in [3.05, 3.63) is 28.8 Å². The monoisotopic (exact) mass is 332 g/mol. The number of nitrogens with one attached hydrogen (secondary N) is 1. The third-order valence-corrected chi connectivity index (χ3v) is 5.68. The second kappa shape index (κ2) is 7.07. The quantitative estimate of drug-likeness (QED) is 0.894. The molecule has 0 radical (unpaired) electrons. The summed E-state index contributed by atoms with van der Waals surface area (Å²) >= 11 is 6.11. The first-order valence-corrected chi connectivity index (χ1v) is 8.83. The highest BCUT2D eigenvalue weighted by atomic mass is 35.5. The van der Waals surface area contributed by atoms with E-state index in [2.05, 4.69) is 5.32 Å². The Kier molecular flexibility index (Phi) is 5.62. The van der Waals surface area contributed by atoms with Crippen molar-refractivity contribution in [2.45, 2.75) is 31.3 Å². The lowest BCUT2D eigenvalue weighted by Crippen LogP contribution is -2.40. The van der Waals surface area contributed by atoms with Crippen LogP contribution in [0.3, 0.4) is 0 Å². The Morgan fingerprint density at radius 2 is 2.00 bits per heavy atom. The maximum atomic E-state index is 12.7. The molecule has 0 amide bonds. The van der Waals surface area contributed by atoms with E-state index in [9.17, 15) is 8.42 Å². The summed E-state index contributed by atoms with van der Waals surface area (Å²) < 4.78 is 32.0. The van der Waals surface area contributed by atoms with E-state index in [1.165, 1.54) is 4.31 Å². The number of halogens is 1. The van der Waals surface area contributed by atoms with E-state index in [1.54, 1.807) is 12.1 Å². The molecule has 0 spiro atoms. The summed E-state index contributed by atoms with van der Waals surface area (Å²) in [7, 11) is -3.56. The number of rotatable bonds is 5. The Labute approximate surface area is 131 Å². The zero-order valence-electron chi connectivity index (χ0n) is 12.3. The van der Waals surface area contributed by atoms with E-state index >= 15 is 0 Å². The number of hydrogen-bond donors (Lipinski definition) is 1. The molecule has 0 unspecified atom stereocenters. The molecule has 1 fully saturated rings. The molecule has 1 heterocycles. The number of nitrogens with zero attached hydrogens (tertiary/aromatic N) is 1. The average molecular weight is 333 g/mol. The van der Waals surface area contributed by atoms with Crippen LogP contribution in [-0.2, 0) is 21.3 Å². The van der Waals surface area contributed by atoms with Gasteiger partial charge in [0.15, 0.2) is 0 Å². The van der Waals surface area contributed by atoms with Gasteiger partial charge in [0, 0.05) is 25.7 Å². The van der Waals surface area contributed by atoms with E-state index in [0.717, 1.165) is 5.56 Å². The highest BCUT2D eigenvalue weighted by Gasteiger charge is 2.28. The molecule has 7 heteroatoms. The Hall–Kier alpha value is -0.660. The smallest absolute Gasteiger partial charge is 0.244 e. The largest absolute Gasteiger partial charge is 0.379 e. The number of ether oxygens (including phenoxy) is 1. The minimum atomic E-state index is -3.56. The first-order chi connectivity index (χ1) is 9.91. The lowest BCUT2D eigenvalue weighted by Gasteiger charge is -2.26. The Bertz CT molecular complexity index is 584. The zero-order valence-corrected chi connectivity index (χ0v) is 13.9. The van der Waals surface area contributed by atoms with Crippen molar-refractivity contribution in [2.24, 2.45) is 0 Å². The van der Waals surface area contributed by atoms with Crippen molar-refractivity contribution >= 4 is 21.6 Å². The van der Waals surface area contributed by atoms with Gasteiger partial charge >= 0.3 is 0 Å². The number of morpholine rings is 1. The number of sulfonamides is 1. The van der Waals surface area contributed by atoms with Crippen LogP contribution in [0, 0.1) is 0 Å². The molecule has 0 saturated carbocycles. The van der Waals surface area contributed by atoms with Gasteiger partial charge in [0.25, 0.3) is 0 Å². The van der Waals surface area contributed by atoms with Crippen LogP contribution in [0.1, 0.15) is 19.4 Å². The fourth-order valence-electron chi connectivity index (χ4n) is 2.10. The Balaban J connectivity index is 2.26. The molecule has 1 aromatic rings. The van der Waals surface area contributed by atoms with Crippen LogP contribution in [0.15, 0.2) is 23.1 Å². The molecule has 118 valence electrons. The molecule has 0 aromatic heterocycles. The molecular weight excluding hydrogens is 312 g/mol. The van der Waals surface area contributed by atoms with Gasteiger partial charge in [0.05, 0.1) is 18.2 Å². The highest BCUT2D eigenvalue weighted by Crippen LogP contribution is 2.26. The molecule has 1 N–H and O–H groups in total. The molecule has 1 saturated heterocycles. The van der Waals surface area contributed by atoms with Crippen LogP contribution in [0.25, 0.3) is 0 Å². The second-order valence-corrected chi connectivity index (χ2v) is 7.63. The van der Waals surface area contributed by atoms with E-state index < -0.39 is 10.0 Å². The standard InChI is InChI=1S/C14H21ClN2O3S/c1-11(2)16-10-12-3-4-13(15)14(9-12)21(18,19)17-5-7-20-8-6-17/h3-4,9,11,16H,5-8,10H2,1-2H3. The van der Waals surface area contributed by atoms with Gasteiger partial charge in [-0.15, -0.1) is 0 Å². The van der Waals surface area contributed by atoms with Crippen molar-refractivity contribution in [3.63, 3.8) is 0 Å². The van der Waals surface area contributed by atoms with Crippen molar-refractivity contribution in [2.75, 3.05) is 26.3 Å². The minimum Gasteiger partial charge on any atom is -0.379 e. The van der Waals surface area contributed by atoms with Gasteiger partial charge in [-0.2, -0.15) is 4.31 Å². The van der Waals surface area contributed by atoms with Crippen LogP contribution >= 0.6 is 11.6 Å². The molecular formula is C14H21ClN2O3S. The SMILES string of the molecule is CC(C)NCc1ccc(Cl)c(S(=O)(=O)N2CCOCC2)c1. The van der Waals surface area contributed by atoms with Crippen LogP contribution < -0.4 is 5.32 Å². The Morgan fingerprint density at radius 3 is 2.62 bits per heavy atom. The molecule has 5 nitrogen and oxygen atoms in total. The summed E-state index contributed by atoms with van der Waals surface area (Å²) in [5, 5.41) is 3.53. The van der Waals surface area contributed by atoms with Gasteiger partial charge < -0.3 is 10.1 Å². The normalized spacial score (nSPS) is 17.3. The maximum absolute atomic E-state index is 12.7. The highest BCUT2D eigenvalue weighted by molar-refractivity contribution is 7.89. The topological polar surface area (TPSA) is 58.6 Å². The third kappa shape index (κ3) is 4.17. The summed E-state index contributed by atoms with van der Waals surface area (Å²) in [6, 6.07) is 5.48. The van der Waals surface area contributed by atoms with E-state index in [0.29, 0.717) is 38.9 Å². The fourth-order valence-corrected chi connectivity index (χ4v) is 4.04. The molecule has 0 atom stereocenters. The summed E-state index contributed by atoms with van der Waals surface area (Å²) in [6.45, 7) is 6.28. The zero-order chi connectivity index (χ0) is 15.5. The van der Waals surface area contributed by atoms with Gasteiger partial charge in [-0.3, -0.25) is 0 Å². The van der Waals surface area contributed by atoms with Gasteiger partial charge in [-0.25, -0.2) is 8.42 Å². The minimum absolute atomic E-state index is 0.175. The van der Waals surface area contributed by atoms with Crippen LogP contribution in [0.4, 0.5) is 0 Å². The first-order valence-electron chi connectivity index (χ1n) is 7.01. The molecule has 21 heavy (non-hydrogen) atoms. The van der Waals surface area contributed by atoms with Crippen LogP contribution in [-0.4, -0.2) is 45.1 Å². The molecule has 0 aliphatic carbocycles. The Morgan fingerprint density at radius 1 is 1.33 bits per heavy atom. The predicted molar refractivity (Wildman–Crippen MR) is 83.0 cm³/mol. The lowest BCUT2D eigenvalue weighted by atomic mass is 10.2.